The average Bonchev–Trinajstić information content (AvgIpc) is 3.01. The highest BCUT2D eigenvalue weighted by atomic mass is 16.5. The van der Waals surface area contributed by atoms with Crippen LogP contribution in [0.1, 0.15) is 32.4 Å². The van der Waals surface area contributed by atoms with Crippen LogP contribution in [0.4, 0.5) is 5.82 Å². The summed E-state index contributed by atoms with van der Waals surface area (Å²) in [6, 6.07) is 9.52. The maximum atomic E-state index is 12.2. The van der Waals surface area contributed by atoms with E-state index < -0.39 is 6.10 Å². The lowest BCUT2D eigenvalue weighted by Crippen LogP contribution is -2.29. The normalized spacial score (nSPS) is 12.2. The van der Waals surface area contributed by atoms with E-state index in [0.29, 0.717) is 12.4 Å². The van der Waals surface area contributed by atoms with Crippen molar-refractivity contribution in [2.45, 2.75) is 39.5 Å². The summed E-state index contributed by atoms with van der Waals surface area (Å²) in [7, 11) is 1.62. The van der Waals surface area contributed by atoms with E-state index in [2.05, 4.69) is 10.4 Å². The number of carbonyl (C=O) groups is 1. The summed E-state index contributed by atoms with van der Waals surface area (Å²) in [5, 5.41) is 7.03. The van der Waals surface area contributed by atoms with Gasteiger partial charge in [-0.2, -0.15) is 5.10 Å². The van der Waals surface area contributed by atoms with E-state index in [4.69, 9.17) is 9.47 Å². The summed E-state index contributed by atoms with van der Waals surface area (Å²) in [5.74, 6) is 1.24. The van der Waals surface area contributed by atoms with E-state index in [9.17, 15) is 4.79 Å². The summed E-state index contributed by atoms with van der Waals surface area (Å²) >= 11 is 0. The first-order chi connectivity index (χ1) is 11.0. The SMILES string of the molecule is COc1cccc(COC(C)C(=O)Nc2ccnn2C(C)C)c1. The molecule has 6 heteroatoms. The van der Waals surface area contributed by atoms with Crippen LogP contribution in [0, 0.1) is 0 Å². The summed E-state index contributed by atoms with van der Waals surface area (Å²) < 4.78 is 12.6. The molecule has 0 bridgehead atoms. The van der Waals surface area contributed by atoms with E-state index in [0.717, 1.165) is 11.3 Å². The highest BCUT2D eigenvalue weighted by Gasteiger charge is 2.16. The Bertz CT molecular complexity index is 652. The number of hydrogen-bond donors (Lipinski definition) is 1. The zero-order valence-electron chi connectivity index (χ0n) is 13.9. The fraction of sp³-hybridized carbons (Fsp3) is 0.412. The van der Waals surface area contributed by atoms with Crippen molar-refractivity contribution in [3.63, 3.8) is 0 Å². The predicted molar refractivity (Wildman–Crippen MR) is 88.5 cm³/mol. The molecular weight excluding hydrogens is 294 g/mol. The Labute approximate surface area is 136 Å². The van der Waals surface area contributed by atoms with Crippen molar-refractivity contribution in [1.82, 2.24) is 9.78 Å². The van der Waals surface area contributed by atoms with Gasteiger partial charge >= 0.3 is 0 Å². The fourth-order valence-corrected chi connectivity index (χ4v) is 2.11. The Morgan fingerprint density at radius 2 is 2.09 bits per heavy atom. The minimum atomic E-state index is -0.572. The lowest BCUT2D eigenvalue weighted by atomic mass is 10.2. The molecule has 0 aliphatic rings. The molecule has 0 radical (unpaired) electrons. The highest BCUT2D eigenvalue weighted by Crippen LogP contribution is 2.16. The van der Waals surface area contributed by atoms with E-state index in [1.54, 1.807) is 31.0 Å². The monoisotopic (exact) mass is 317 g/mol. The molecule has 124 valence electrons. The van der Waals surface area contributed by atoms with Gasteiger partial charge in [0, 0.05) is 12.1 Å². The van der Waals surface area contributed by atoms with Gasteiger partial charge in [-0.25, -0.2) is 4.68 Å². The molecule has 0 aliphatic carbocycles. The van der Waals surface area contributed by atoms with Crippen LogP contribution in [0.15, 0.2) is 36.5 Å². The van der Waals surface area contributed by atoms with Crippen LogP contribution < -0.4 is 10.1 Å². The van der Waals surface area contributed by atoms with Crippen molar-refractivity contribution >= 4 is 11.7 Å². The van der Waals surface area contributed by atoms with Crippen molar-refractivity contribution in [3.8, 4) is 5.75 Å². The van der Waals surface area contributed by atoms with Gasteiger partial charge in [-0.1, -0.05) is 12.1 Å². The maximum absolute atomic E-state index is 12.2. The van der Waals surface area contributed by atoms with Crippen molar-refractivity contribution in [2.75, 3.05) is 12.4 Å². The third-order valence-electron chi connectivity index (χ3n) is 3.41. The van der Waals surface area contributed by atoms with Gasteiger partial charge in [0.2, 0.25) is 0 Å². The largest absolute Gasteiger partial charge is 0.497 e. The highest BCUT2D eigenvalue weighted by molar-refractivity contribution is 5.93. The first-order valence-corrected chi connectivity index (χ1v) is 7.60. The summed E-state index contributed by atoms with van der Waals surface area (Å²) in [6.45, 7) is 6.08. The molecule has 0 aliphatic heterocycles. The summed E-state index contributed by atoms with van der Waals surface area (Å²) in [6.07, 6.45) is 1.09. The molecule has 2 rings (SSSR count). The van der Waals surface area contributed by atoms with Crippen LogP contribution in [0.3, 0.4) is 0 Å². The summed E-state index contributed by atoms with van der Waals surface area (Å²) in [4.78, 5) is 12.2. The lowest BCUT2D eigenvalue weighted by molar-refractivity contribution is -0.127. The fourth-order valence-electron chi connectivity index (χ4n) is 2.11. The van der Waals surface area contributed by atoms with Gasteiger partial charge in [0.15, 0.2) is 0 Å². The second-order valence-corrected chi connectivity index (χ2v) is 5.55. The Balaban J connectivity index is 1.91. The van der Waals surface area contributed by atoms with Gasteiger partial charge in [0.05, 0.1) is 19.9 Å². The number of methoxy groups -OCH3 is 1. The molecule has 0 saturated heterocycles. The maximum Gasteiger partial charge on any atom is 0.254 e. The number of anilines is 1. The number of nitrogens with one attached hydrogen (secondary N) is 1. The van der Waals surface area contributed by atoms with Crippen molar-refractivity contribution in [3.05, 3.63) is 42.1 Å². The Morgan fingerprint density at radius 1 is 1.30 bits per heavy atom. The van der Waals surface area contributed by atoms with Gasteiger partial charge in [-0.05, 0) is 38.5 Å². The van der Waals surface area contributed by atoms with E-state index in [1.165, 1.54) is 0 Å². The van der Waals surface area contributed by atoms with Crippen LogP contribution in [-0.2, 0) is 16.1 Å². The molecule has 1 atom stereocenters. The number of aromatic nitrogens is 2. The second kappa shape index (κ2) is 7.78. The molecule has 1 unspecified atom stereocenters. The van der Waals surface area contributed by atoms with E-state index >= 15 is 0 Å². The lowest BCUT2D eigenvalue weighted by Gasteiger charge is -2.16. The standard InChI is InChI=1S/C17H23N3O3/c1-12(2)20-16(8-9-18-20)19-17(21)13(3)23-11-14-6-5-7-15(10-14)22-4/h5-10,12-13H,11H2,1-4H3,(H,19,21). The first-order valence-electron chi connectivity index (χ1n) is 7.60. The molecule has 1 heterocycles. The van der Waals surface area contributed by atoms with Crippen LogP contribution in [-0.4, -0.2) is 28.9 Å². The third kappa shape index (κ3) is 4.56. The topological polar surface area (TPSA) is 65.4 Å². The molecular formula is C17H23N3O3. The quantitative estimate of drug-likeness (QED) is 0.852. The van der Waals surface area contributed by atoms with E-state index in [1.807, 2.05) is 38.1 Å². The number of hydrogen-bond acceptors (Lipinski definition) is 4. The van der Waals surface area contributed by atoms with Crippen LogP contribution in [0.2, 0.25) is 0 Å². The second-order valence-electron chi connectivity index (χ2n) is 5.55. The van der Waals surface area contributed by atoms with Gasteiger partial charge in [-0.15, -0.1) is 0 Å². The van der Waals surface area contributed by atoms with E-state index in [-0.39, 0.29) is 11.9 Å². The number of carbonyl (C=O) groups excluding carboxylic acids is 1. The molecule has 2 aromatic rings. The van der Waals surface area contributed by atoms with Crippen molar-refractivity contribution < 1.29 is 14.3 Å². The minimum Gasteiger partial charge on any atom is -0.497 e. The van der Waals surface area contributed by atoms with Crippen molar-refractivity contribution in [2.24, 2.45) is 0 Å². The molecule has 23 heavy (non-hydrogen) atoms. The number of rotatable bonds is 7. The number of benzene rings is 1. The molecule has 0 saturated carbocycles. The van der Waals surface area contributed by atoms with Crippen LogP contribution >= 0.6 is 0 Å². The molecule has 0 spiro atoms. The van der Waals surface area contributed by atoms with Crippen molar-refractivity contribution in [1.29, 1.82) is 0 Å². The third-order valence-corrected chi connectivity index (χ3v) is 3.41. The van der Waals surface area contributed by atoms with Gasteiger partial charge in [-0.3, -0.25) is 4.79 Å². The van der Waals surface area contributed by atoms with Gasteiger partial charge in [0.1, 0.15) is 17.7 Å². The first kappa shape index (κ1) is 17.0. The Morgan fingerprint density at radius 3 is 2.78 bits per heavy atom. The minimum absolute atomic E-state index is 0.174. The Hall–Kier alpha value is -2.34. The number of ether oxygens (including phenoxy) is 2. The zero-order valence-corrected chi connectivity index (χ0v) is 13.9. The molecule has 1 N–H and O–H groups in total. The summed E-state index contributed by atoms with van der Waals surface area (Å²) in [5.41, 5.74) is 0.955. The van der Waals surface area contributed by atoms with Gasteiger partial charge in [0.25, 0.3) is 5.91 Å². The molecule has 0 fully saturated rings. The molecule has 1 aromatic heterocycles. The predicted octanol–water partition coefficient (Wildman–Crippen LogP) is 3.02. The molecule has 1 amide bonds. The smallest absolute Gasteiger partial charge is 0.254 e. The Kier molecular flexibility index (Phi) is 5.76. The zero-order chi connectivity index (χ0) is 16.8. The number of nitrogens with zero attached hydrogens (tertiary/aromatic N) is 2. The van der Waals surface area contributed by atoms with Gasteiger partial charge < -0.3 is 14.8 Å². The molecule has 1 aromatic carbocycles. The van der Waals surface area contributed by atoms with Crippen LogP contribution in [0.5, 0.6) is 5.75 Å². The average molecular weight is 317 g/mol. The van der Waals surface area contributed by atoms with Crippen LogP contribution in [0.25, 0.3) is 0 Å². The molecule has 6 nitrogen and oxygen atoms in total. The number of amides is 1.